The lowest BCUT2D eigenvalue weighted by Crippen LogP contribution is -1.99. The summed E-state index contributed by atoms with van der Waals surface area (Å²) in [6, 6.07) is 10.6. The molecule has 0 bridgehead atoms. The molecule has 0 heterocycles. The van der Waals surface area contributed by atoms with Gasteiger partial charge in [-0.25, -0.2) is 0 Å². The molecule has 18 heavy (non-hydrogen) atoms. The van der Waals surface area contributed by atoms with Crippen molar-refractivity contribution in [3.05, 3.63) is 57.0 Å². The lowest BCUT2D eigenvalue weighted by atomic mass is 10.2. The van der Waals surface area contributed by atoms with Gasteiger partial charge in [0.15, 0.2) is 5.75 Å². The van der Waals surface area contributed by atoms with Crippen molar-refractivity contribution in [3.8, 4) is 5.75 Å². The van der Waals surface area contributed by atoms with E-state index in [0.717, 1.165) is 5.56 Å². The van der Waals surface area contributed by atoms with Gasteiger partial charge in [-0.2, -0.15) is 0 Å². The molecule has 2 aromatic carbocycles. The number of halogens is 3. The molecule has 0 spiro atoms. The fraction of sp³-hybridized carbons (Fsp3) is 0.0769. The summed E-state index contributed by atoms with van der Waals surface area (Å²) in [6.45, 7) is 0.349. The minimum Gasteiger partial charge on any atom is -0.485 e. The maximum atomic E-state index is 6.03. The lowest BCUT2D eigenvalue weighted by Gasteiger charge is -2.11. The highest BCUT2D eigenvalue weighted by Crippen LogP contribution is 2.37. The highest BCUT2D eigenvalue weighted by atomic mass is 35.5. The topological polar surface area (TPSA) is 35.2 Å². The Kier molecular flexibility index (Phi) is 4.23. The molecule has 0 saturated heterocycles. The Bertz CT molecular complexity index is 555. The molecule has 0 aliphatic rings. The van der Waals surface area contributed by atoms with Gasteiger partial charge in [-0.1, -0.05) is 46.9 Å². The van der Waals surface area contributed by atoms with Gasteiger partial charge in [0.25, 0.3) is 0 Å². The van der Waals surface area contributed by atoms with E-state index in [2.05, 4.69) is 0 Å². The first-order chi connectivity index (χ1) is 8.58. The number of nitrogen functional groups attached to an aromatic ring is 1. The Balaban J connectivity index is 2.15. The number of rotatable bonds is 3. The zero-order chi connectivity index (χ0) is 13.1. The monoisotopic (exact) mass is 301 g/mol. The first kappa shape index (κ1) is 13.3. The summed E-state index contributed by atoms with van der Waals surface area (Å²) in [7, 11) is 0. The van der Waals surface area contributed by atoms with E-state index in [1.807, 2.05) is 12.1 Å². The van der Waals surface area contributed by atoms with E-state index >= 15 is 0 Å². The van der Waals surface area contributed by atoms with Crippen LogP contribution in [-0.4, -0.2) is 0 Å². The van der Waals surface area contributed by atoms with Crippen molar-refractivity contribution in [1.29, 1.82) is 0 Å². The second kappa shape index (κ2) is 5.70. The molecule has 0 radical (unpaired) electrons. The Morgan fingerprint density at radius 3 is 2.28 bits per heavy atom. The first-order valence-electron chi connectivity index (χ1n) is 5.18. The standard InChI is InChI=1S/C13H10Cl3NO/c14-9-3-1-8(2-4-9)7-18-13-11(17)6-5-10(15)12(13)16/h1-6H,7,17H2. The van der Waals surface area contributed by atoms with Crippen LogP contribution in [0.15, 0.2) is 36.4 Å². The van der Waals surface area contributed by atoms with Crippen LogP contribution < -0.4 is 10.5 Å². The van der Waals surface area contributed by atoms with Crippen LogP contribution in [0, 0.1) is 0 Å². The lowest BCUT2D eigenvalue weighted by molar-refractivity contribution is 0.308. The van der Waals surface area contributed by atoms with Crippen molar-refractivity contribution in [1.82, 2.24) is 0 Å². The van der Waals surface area contributed by atoms with Crippen LogP contribution in [0.1, 0.15) is 5.56 Å². The van der Waals surface area contributed by atoms with Gasteiger partial charge in [-0.05, 0) is 29.8 Å². The maximum absolute atomic E-state index is 6.03. The van der Waals surface area contributed by atoms with Crippen LogP contribution in [0.25, 0.3) is 0 Å². The van der Waals surface area contributed by atoms with Gasteiger partial charge in [0.2, 0.25) is 0 Å². The predicted octanol–water partition coefficient (Wildman–Crippen LogP) is 4.81. The molecule has 0 fully saturated rings. The molecule has 2 N–H and O–H groups in total. The van der Waals surface area contributed by atoms with Gasteiger partial charge >= 0.3 is 0 Å². The van der Waals surface area contributed by atoms with Crippen LogP contribution >= 0.6 is 34.8 Å². The van der Waals surface area contributed by atoms with E-state index in [4.69, 9.17) is 45.3 Å². The van der Waals surface area contributed by atoms with Crippen LogP contribution in [0.3, 0.4) is 0 Å². The number of benzene rings is 2. The average Bonchev–Trinajstić information content (AvgIpc) is 2.36. The van der Waals surface area contributed by atoms with E-state index in [0.29, 0.717) is 33.1 Å². The van der Waals surface area contributed by atoms with E-state index in [1.165, 1.54) is 0 Å². The molecule has 2 rings (SSSR count). The third-order valence-corrected chi connectivity index (χ3v) is 3.42. The fourth-order valence-electron chi connectivity index (χ4n) is 1.43. The number of hydrogen-bond donors (Lipinski definition) is 1. The second-order valence-corrected chi connectivity index (χ2v) is 4.92. The van der Waals surface area contributed by atoms with E-state index in [1.54, 1.807) is 24.3 Å². The molecule has 0 aromatic heterocycles. The van der Waals surface area contributed by atoms with Crippen LogP contribution in [0.5, 0.6) is 5.75 Å². The summed E-state index contributed by atoms with van der Waals surface area (Å²) >= 11 is 17.7. The SMILES string of the molecule is Nc1ccc(Cl)c(Cl)c1OCc1ccc(Cl)cc1. The van der Waals surface area contributed by atoms with E-state index in [-0.39, 0.29) is 0 Å². The van der Waals surface area contributed by atoms with Crippen LogP contribution in [0.2, 0.25) is 15.1 Å². The molecule has 2 nitrogen and oxygen atoms in total. The van der Waals surface area contributed by atoms with Crippen molar-refractivity contribution in [2.45, 2.75) is 6.61 Å². The molecule has 2 aromatic rings. The molecule has 5 heteroatoms. The van der Waals surface area contributed by atoms with E-state index in [9.17, 15) is 0 Å². The Labute approximate surface area is 120 Å². The summed E-state index contributed by atoms with van der Waals surface area (Å²) in [5, 5.41) is 1.42. The predicted molar refractivity (Wildman–Crippen MR) is 76.7 cm³/mol. The second-order valence-electron chi connectivity index (χ2n) is 3.69. The molecular weight excluding hydrogens is 293 g/mol. The normalized spacial score (nSPS) is 10.4. The Morgan fingerprint density at radius 1 is 0.944 bits per heavy atom. The smallest absolute Gasteiger partial charge is 0.162 e. The zero-order valence-electron chi connectivity index (χ0n) is 9.29. The van der Waals surface area contributed by atoms with E-state index < -0.39 is 0 Å². The summed E-state index contributed by atoms with van der Waals surface area (Å²) in [5.74, 6) is 0.402. The summed E-state index contributed by atoms with van der Waals surface area (Å²) in [5.41, 5.74) is 7.21. The zero-order valence-corrected chi connectivity index (χ0v) is 11.6. The molecule has 94 valence electrons. The quantitative estimate of drug-likeness (QED) is 0.826. The minimum absolute atomic E-state index is 0.325. The minimum atomic E-state index is 0.325. The molecular formula is C13H10Cl3NO. The Hall–Kier alpha value is -1.09. The molecule has 0 aliphatic carbocycles. The number of hydrogen-bond acceptors (Lipinski definition) is 2. The number of ether oxygens (including phenoxy) is 1. The maximum Gasteiger partial charge on any atom is 0.162 e. The largest absolute Gasteiger partial charge is 0.485 e. The van der Waals surface area contributed by atoms with Crippen molar-refractivity contribution >= 4 is 40.5 Å². The summed E-state index contributed by atoms with van der Waals surface area (Å²) < 4.78 is 5.59. The van der Waals surface area contributed by atoms with Crippen molar-refractivity contribution in [3.63, 3.8) is 0 Å². The summed E-state index contributed by atoms with van der Waals surface area (Å²) in [6.07, 6.45) is 0. The number of anilines is 1. The van der Waals surface area contributed by atoms with Gasteiger partial charge in [0, 0.05) is 5.02 Å². The molecule has 0 atom stereocenters. The van der Waals surface area contributed by atoms with Gasteiger partial charge in [0.05, 0.1) is 10.7 Å². The molecule has 0 saturated carbocycles. The van der Waals surface area contributed by atoms with Crippen LogP contribution in [-0.2, 0) is 6.61 Å². The van der Waals surface area contributed by atoms with Gasteiger partial charge < -0.3 is 10.5 Å². The van der Waals surface area contributed by atoms with Gasteiger partial charge in [0.1, 0.15) is 11.6 Å². The third kappa shape index (κ3) is 3.02. The van der Waals surface area contributed by atoms with Crippen LogP contribution in [0.4, 0.5) is 5.69 Å². The van der Waals surface area contributed by atoms with Crippen molar-refractivity contribution < 1.29 is 4.74 Å². The summed E-state index contributed by atoms with van der Waals surface area (Å²) in [4.78, 5) is 0. The molecule has 0 amide bonds. The Morgan fingerprint density at radius 2 is 1.61 bits per heavy atom. The van der Waals surface area contributed by atoms with Crippen molar-refractivity contribution in [2.24, 2.45) is 0 Å². The third-order valence-electron chi connectivity index (χ3n) is 2.38. The highest BCUT2D eigenvalue weighted by molar-refractivity contribution is 6.43. The average molecular weight is 303 g/mol. The number of nitrogens with two attached hydrogens (primary N) is 1. The van der Waals surface area contributed by atoms with Gasteiger partial charge in [-0.3, -0.25) is 0 Å². The van der Waals surface area contributed by atoms with Crippen molar-refractivity contribution in [2.75, 3.05) is 5.73 Å². The molecule has 0 unspecified atom stereocenters. The first-order valence-corrected chi connectivity index (χ1v) is 6.32. The fourth-order valence-corrected chi connectivity index (χ4v) is 1.93. The highest BCUT2D eigenvalue weighted by Gasteiger charge is 2.10. The van der Waals surface area contributed by atoms with Gasteiger partial charge in [-0.15, -0.1) is 0 Å². The molecule has 0 aliphatic heterocycles.